The van der Waals surface area contributed by atoms with Crippen molar-refractivity contribution in [3.8, 4) is 0 Å². The van der Waals surface area contributed by atoms with E-state index in [9.17, 15) is 4.79 Å². The Balaban J connectivity index is 2.40. The fourth-order valence-corrected chi connectivity index (χ4v) is 2.47. The average molecular weight is 220 g/mol. The Morgan fingerprint density at radius 3 is 2.47 bits per heavy atom. The lowest BCUT2D eigenvalue weighted by molar-refractivity contribution is 0.101. The van der Waals surface area contributed by atoms with Crippen molar-refractivity contribution in [1.29, 1.82) is 0 Å². The van der Waals surface area contributed by atoms with Gasteiger partial charge in [0.25, 0.3) is 0 Å². The summed E-state index contributed by atoms with van der Waals surface area (Å²) in [5.74, 6) is 1.17. The van der Waals surface area contributed by atoms with Gasteiger partial charge in [-0.2, -0.15) is 0 Å². The standard InChI is InChI=1S/C12H12O2S/c1-7-4-5-11(14-7)12(13)10-6-8(2)15-9(10)3/h4-6H,1-3H3. The number of furan rings is 1. The number of ketones is 1. The molecule has 0 amide bonds. The molecule has 2 rings (SSSR count). The van der Waals surface area contributed by atoms with Crippen LogP contribution in [0.15, 0.2) is 22.6 Å². The van der Waals surface area contributed by atoms with Crippen molar-refractivity contribution in [1.82, 2.24) is 0 Å². The minimum Gasteiger partial charge on any atom is -0.458 e. The van der Waals surface area contributed by atoms with Crippen LogP contribution in [-0.2, 0) is 0 Å². The van der Waals surface area contributed by atoms with Gasteiger partial charge < -0.3 is 4.42 Å². The molecule has 0 saturated heterocycles. The monoisotopic (exact) mass is 220 g/mol. The molecule has 0 unspecified atom stereocenters. The van der Waals surface area contributed by atoms with Crippen molar-refractivity contribution in [2.24, 2.45) is 0 Å². The molecule has 2 heterocycles. The van der Waals surface area contributed by atoms with Crippen LogP contribution < -0.4 is 0 Å². The van der Waals surface area contributed by atoms with E-state index >= 15 is 0 Å². The van der Waals surface area contributed by atoms with Crippen LogP contribution in [0, 0.1) is 20.8 Å². The van der Waals surface area contributed by atoms with E-state index in [1.165, 1.54) is 0 Å². The van der Waals surface area contributed by atoms with Crippen LogP contribution in [0.3, 0.4) is 0 Å². The third-order valence-electron chi connectivity index (χ3n) is 2.25. The third-order valence-corrected chi connectivity index (χ3v) is 3.22. The molecule has 0 saturated carbocycles. The molecule has 2 aromatic heterocycles. The molecule has 0 aromatic carbocycles. The van der Waals surface area contributed by atoms with Crippen molar-refractivity contribution < 1.29 is 9.21 Å². The Hall–Kier alpha value is -1.35. The molecule has 3 heteroatoms. The number of carbonyl (C=O) groups is 1. The number of hydrogen-bond acceptors (Lipinski definition) is 3. The Kier molecular flexibility index (Phi) is 2.49. The maximum atomic E-state index is 12.0. The van der Waals surface area contributed by atoms with Gasteiger partial charge >= 0.3 is 0 Å². The van der Waals surface area contributed by atoms with Gasteiger partial charge in [-0.05, 0) is 39.0 Å². The summed E-state index contributed by atoms with van der Waals surface area (Å²) in [5, 5.41) is 0. The molecule has 0 fully saturated rings. The first-order valence-corrected chi connectivity index (χ1v) is 5.58. The predicted molar refractivity (Wildman–Crippen MR) is 60.7 cm³/mol. The summed E-state index contributed by atoms with van der Waals surface area (Å²) < 4.78 is 5.32. The predicted octanol–water partition coefficient (Wildman–Crippen LogP) is 3.50. The normalized spacial score (nSPS) is 10.6. The second kappa shape index (κ2) is 3.66. The van der Waals surface area contributed by atoms with E-state index in [2.05, 4.69) is 0 Å². The third kappa shape index (κ3) is 1.88. The van der Waals surface area contributed by atoms with Crippen molar-refractivity contribution in [2.45, 2.75) is 20.8 Å². The lowest BCUT2D eigenvalue weighted by atomic mass is 10.1. The molecule has 2 aromatic rings. The molecule has 0 spiro atoms. The Labute approximate surface area is 92.5 Å². The molecular formula is C12H12O2S. The van der Waals surface area contributed by atoms with Gasteiger partial charge in [0.1, 0.15) is 5.76 Å². The zero-order chi connectivity index (χ0) is 11.0. The highest BCUT2D eigenvalue weighted by molar-refractivity contribution is 7.12. The van der Waals surface area contributed by atoms with E-state index in [-0.39, 0.29) is 5.78 Å². The highest BCUT2D eigenvalue weighted by atomic mass is 32.1. The largest absolute Gasteiger partial charge is 0.458 e. The second-order valence-electron chi connectivity index (χ2n) is 3.57. The number of aryl methyl sites for hydroxylation is 3. The summed E-state index contributed by atoms with van der Waals surface area (Å²) in [6.45, 7) is 5.80. The minimum atomic E-state index is -0.0232. The maximum absolute atomic E-state index is 12.0. The van der Waals surface area contributed by atoms with E-state index in [0.29, 0.717) is 5.76 Å². The quantitative estimate of drug-likeness (QED) is 0.725. The maximum Gasteiger partial charge on any atom is 0.229 e. The SMILES string of the molecule is Cc1ccc(C(=O)c2cc(C)sc2C)o1. The molecule has 0 aliphatic rings. The summed E-state index contributed by atoms with van der Waals surface area (Å²) in [5.41, 5.74) is 0.756. The van der Waals surface area contributed by atoms with Crippen LogP contribution >= 0.6 is 11.3 Å². The zero-order valence-corrected chi connectivity index (χ0v) is 9.77. The number of thiophene rings is 1. The van der Waals surface area contributed by atoms with E-state index < -0.39 is 0 Å². The average Bonchev–Trinajstić information content (AvgIpc) is 2.71. The molecule has 78 valence electrons. The van der Waals surface area contributed by atoms with Gasteiger partial charge in [0.05, 0.1) is 0 Å². The summed E-state index contributed by atoms with van der Waals surface area (Å²) >= 11 is 1.64. The first-order valence-electron chi connectivity index (χ1n) is 4.76. The van der Waals surface area contributed by atoms with Crippen LogP contribution in [0.5, 0.6) is 0 Å². The van der Waals surface area contributed by atoms with Crippen LogP contribution in [0.1, 0.15) is 31.6 Å². The molecule has 0 atom stereocenters. The van der Waals surface area contributed by atoms with Gasteiger partial charge in [-0.15, -0.1) is 11.3 Å². The van der Waals surface area contributed by atoms with Gasteiger partial charge in [0, 0.05) is 15.3 Å². The van der Waals surface area contributed by atoms with Crippen molar-refractivity contribution >= 4 is 17.1 Å². The van der Waals surface area contributed by atoms with Gasteiger partial charge in [-0.25, -0.2) is 0 Å². The Bertz CT molecular complexity index is 505. The highest BCUT2D eigenvalue weighted by Gasteiger charge is 2.16. The molecular weight excluding hydrogens is 208 g/mol. The summed E-state index contributed by atoms with van der Waals surface area (Å²) in [6, 6.07) is 5.45. The number of carbonyl (C=O) groups excluding carboxylic acids is 1. The highest BCUT2D eigenvalue weighted by Crippen LogP contribution is 2.23. The summed E-state index contributed by atoms with van der Waals surface area (Å²) in [6.07, 6.45) is 0. The lowest BCUT2D eigenvalue weighted by Crippen LogP contribution is -1.99. The number of hydrogen-bond donors (Lipinski definition) is 0. The Morgan fingerprint density at radius 1 is 1.27 bits per heavy atom. The summed E-state index contributed by atoms with van der Waals surface area (Å²) in [4.78, 5) is 14.2. The van der Waals surface area contributed by atoms with Gasteiger partial charge in [0.15, 0.2) is 5.76 Å². The Morgan fingerprint density at radius 2 is 2.00 bits per heavy atom. The smallest absolute Gasteiger partial charge is 0.229 e. The van der Waals surface area contributed by atoms with E-state index in [4.69, 9.17) is 4.42 Å². The van der Waals surface area contributed by atoms with Crippen LogP contribution in [0.25, 0.3) is 0 Å². The molecule has 15 heavy (non-hydrogen) atoms. The zero-order valence-electron chi connectivity index (χ0n) is 8.96. The fourth-order valence-electron chi connectivity index (χ4n) is 1.55. The number of rotatable bonds is 2. The first kappa shape index (κ1) is 10.2. The van der Waals surface area contributed by atoms with Crippen LogP contribution in [0.2, 0.25) is 0 Å². The minimum absolute atomic E-state index is 0.0232. The van der Waals surface area contributed by atoms with Crippen molar-refractivity contribution in [3.63, 3.8) is 0 Å². The molecule has 0 aliphatic heterocycles. The molecule has 2 nitrogen and oxygen atoms in total. The van der Waals surface area contributed by atoms with Gasteiger partial charge in [0.2, 0.25) is 5.78 Å². The van der Waals surface area contributed by atoms with Gasteiger partial charge in [-0.3, -0.25) is 4.79 Å². The first-order chi connectivity index (χ1) is 7.08. The molecule has 0 bridgehead atoms. The topological polar surface area (TPSA) is 30.2 Å². The fraction of sp³-hybridized carbons (Fsp3) is 0.250. The summed E-state index contributed by atoms with van der Waals surface area (Å²) in [7, 11) is 0. The van der Waals surface area contributed by atoms with Crippen LogP contribution in [-0.4, -0.2) is 5.78 Å². The van der Waals surface area contributed by atoms with E-state index in [0.717, 1.165) is 21.1 Å². The van der Waals surface area contributed by atoms with Crippen molar-refractivity contribution in [2.75, 3.05) is 0 Å². The molecule has 0 radical (unpaired) electrons. The van der Waals surface area contributed by atoms with E-state index in [1.807, 2.05) is 32.9 Å². The second-order valence-corrected chi connectivity index (χ2v) is 5.03. The molecule has 0 N–H and O–H groups in total. The molecule has 0 aliphatic carbocycles. The van der Waals surface area contributed by atoms with Crippen LogP contribution in [0.4, 0.5) is 0 Å². The van der Waals surface area contributed by atoms with Gasteiger partial charge in [-0.1, -0.05) is 0 Å². The van der Waals surface area contributed by atoms with E-state index in [1.54, 1.807) is 17.4 Å². The van der Waals surface area contributed by atoms with Crippen molar-refractivity contribution in [3.05, 3.63) is 45.0 Å². The lowest BCUT2D eigenvalue weighted by Gasteiger charge is -1.94.